The van der Waals surface area contributed by atoms with Crippen LogP contribution in [0.25, 0.3) is 0 Å². The fourth-order valence-electron chi connectivity index (χ4n) is 1.29. The Balaban J connectivity index is 2.29. The van der Waals surface area contributed by atoms with Crippen molar-refractivity contribution in [2.24, 2.45) is 5.92 Å². The Morgan fingerprint density at radius 1 is 1.47 bits per heavy atom. The van der Waals surface area contributed by atoms with Crippen molar-refractivity contribution in [1.82, 2.24) is 20.1 Å². The van der Waals surface area contributed by atoms with Gasteiger partial charge in [-0.15, -0.1) is 0 Å². The molecule has 0 aliphatic carbocycles. The van der Waals surface area contributed by atoms with Crippen molar-refractivity contribution in [3.63, 3.8) is 0 Å². The maximum absolute atomic E-state index is 4.40. The van der Waals surface area contributed by atoms with Gasteiger partial charge in [0.05, 0.1) is 6.54 Å². The van der Waals surface area contributed by atoms with E-state index in [0.29, 0.717) is 0 Å². The monoisotopic (exact) mass is 210 g/mol. The van der Waals surface area contributed by atoms with Crippen LogP contribution in [0.2, 0.25) is 0 Å². The molecule has 0 amide bonds. The highest BCUT2D eigenvalue weighted by Crippen LogP contribution is 2.01. The Labute approximate surface area is 92.1 Å². The second kappa shape index (κ2) is 6.56. The van der Waals surface area contributed by atoms with Gasteiger partial charge in [-0.05, 0) is 25.3 Å². The summed E-state index contributed by atoms with van der Waals surface area (Å²) in [6, 6.07) is 0. The largest absolute Gasteiger partial charge is 0.310 e. The Hall–Kier alpha value is -0.900. The van der Waals surface area contributed by atoms with Crippen LogP contribution in [0.1, 0.15) is 39.4 Å². The van der Waals surface area contributed by atoms with Gasteiger partial charge in [0.15, 0.2) is 5.82 Å². The van der Waals surface area contributed by atoms with Gasteiger partial charge in [-0.25, -0.2) is 4.98 Å². The van der Waals surface area contributed by atoms with E-state index in [0.717, 1.165) is 44.2 Å². The Kier molecular flexibility index (Phi) is 5.32. The molecule has 0 atom stereocenters. The Bertz CT molecular complexity index is 267. The molecule has 0 unspecified atom stereocenters. The fraction of sp³-hybridized carbons (Fsp3) is 0.818. The average molecular weight is 210 g/mol. The molecule has 1 rings (SSSR count). The predicted molar refractivity (Wildman–Crippen MR) is 61.5 cm³/mol. The van der Waals surface area contributed by atoms with Crippen LogP contribution >= 0.6 is 0 Å². The summed E-state index contributed by atoms with van der Waals surface area (Å²) in [5.41, 5.74) is 0. The van der Waals surface area contributed by atoms with E-state index in [-0.39, 0.29) is 0 Å². The fourth-order valence-corrected chi connectivity index (χ4v) is 1.29. The van der Waals surface area contributed by atoms with Gasteiger partial charge in [-0.2, -0.15) is 5.10 Å². The number of hydrogen-bond donors (Lipinski definition) is 1. The summed E-state index contributed by atoms with van der Waals surface area (Å²) in [7, 11) is 0. The van der Waals surface area contributed by atoms with E-state index in [4.69, 9.17) is 0 Å². The summed E-state index contributed by atoms with van der Waals surface area (Å²) >= 11 is 0. The molecule has 0 spiro atoms. The molecule has 0 saturated carbocycles. The molecule has 0 aliphatic rings. The molecule has 4 nitrogen and oxygen atoms in total. The number of aromatic nitrogens is 3. The van der Waals surface area contributed by atoms with Crippen molar-refractivity contribution < 1.29 is 0 Å². The number of nitrogens with zero attached hydrogens (tertiary/aromatic N) is 3. The molecule has 86 valence electrons. The molecule has 0 aliphatic heterocycles. The first kappa shape index (κ1) is 12.2. The highest BCUT2D eigenvalue weighted by molar-refractivity contribution is 4.80. The van der Waals surface area contributed by atoms with Crippen molar-refractivity contribution in [2.45, 2.75) is 46.7 Å². The van der Waals surface area contributed by atoms with Crippen LogP contribution < -0.4 is 5.32 Å². The van der Waals surface area contributed by atoms with Gasteiger partial charge in [-0.3, -0.25) is 4.68 Å². The van der Waals surface area contributed by atoms with Gasteiger partial charge < -0.3 is 5.32 Å². The van der Waals surface area contributed by atoms with Crippen LogP contribution in [0.5, 0.6) is 0 Å². The number of aryl methyl sites for hydroxylation is 1. The molecule has 1 heterocycles. The third-order valence-electron chi connectivity index (χ3n) is 2.23. The van der Waals surface area contributed by atoms with Gasteiger partial charge in [-0.1, -0.05) is 20.8 Å². The lowest BCUT2D eigenvalue weighted by molar-refractivity contribution is 0.482. The van der Waals surface area contributed by atoms with Crippen LogP contribution in [0.4, 0.5) is 0 Å². The first-order valence-corrected chi connectivity index (χ1v) is 5.81. The minimum Gasteiger partial charge on any atom is -0.310 e. The number of rotatable bonds is 7. The van der Waals surface area contributed by atoms with Gasteiger partial charge in [0.2, 0.25) is 0 Å². The second-order valence-electron chi connectivity index (χ2n) is 4.28. The molecule has 0 bridgehead atoms. The van der Waals surface area contributed by atoms with Crippen molar-refractivity contribution in [3.05, 3.63) is 12.2 Å². The summed E-state index contributed by atoms with van der Waals surface area (Å²) in [5.74, 6) is 1.61. The van der Waals surface area contributed by atoms with E-state index < -0.39 is 0 Å². The molecule has 0 radical (unpaired) electrons. The van der Waals surface area contributed by atoms with Gasteiger partial charge >= 0.3 is 0 Å². The van der Waals surface area contributed by atoms with Crippen LogP contribution in [-0.2, 0) is 13.1 Å². The first-order valence-electron chi connectivity index (χ1n) is 5.81. The minimum absolute atomic E-state index is 0.718. The smallest absolute Gasteiger partial charge is 0.164 e. The van der Waals surface area contributed by atoms with Crippen molar-refractivity contribution >= 4 is 0 Å². The number of nitrogens with one attached hydrogen (secondary N) is 1. The average Bonchev–Trinajstić information content (AvgIpc) is 2.63. The first-order chi connectivity index (χ1) is 7.22. The zero-order chi connectivity index (χ0) is 11.1. The predicted octanol–water partition coefficient (Wildman–Crippen LogP) is 1.82. The maximum atomic E-state index is 4.40. The van der Waals surface area contributed by atoms with Crippen LogP contribution in [0.3, 0.4) is 0 Å². The van der Waals surface area contributed by atoms with E-state index in [2.05, 4.69) is 36.2 Å². The molecule has 15 heavy (non-hydrogen) atoms. The summed E-state index contributed by atoms with van der Waals surface area (Å²) < 4.78 is 1.93. The minimum atomic E-state index is 0.718. The van der Waals surface area contributed by atoms with Crippen LogP contribution in [0.15, 0.2) is 6.33 Å². The van der Waals surface area contributed by atoms with E-state index in [1.54, 1.807) is 0 Å². The SMILES string of the molecule is CCCNCc1ncn(CCC(C)C)n1. The highest BCUT2D eigenvalue weighted by atomic mass is 15.3. The van der Waals surface area contributed by atoms with E-state index in [1.165, 1.54) is 0 Å². The normalized spacial score (nSPS) is 11.2. The summed E-state index contributed by atoms with van der Waals surface area (Å²) in [5, 5.41) is 7.69. The topological polar surface area (TPSA) is 42.7 Å². The second-order valence-corrected chi connectivity index (χ2v) is 4.28. The van der Waals surface area contributed by atoms with Crippen molar-refractivity contribution in [1.29, 1.82) is 0 Å². The van der Waals surface area contributed by atoms with E-state index >= 15 is 0 Å². The standard InChI is InChI=1S/C11H22N4/c1-4-6-12-8-11-13-9-15(14-11)7-5-10(2)3/h9-10,12H,4-8H2,1-3H3. The number of hydrogen-bond acceptors (Lipinski definition) is 3. The van der Waals surface area contributed by atoms with Crippen LogP contribution in [0, 0.1) is 5.92 Å². The zero-order valence-electron chi connectivity index (χ0n) is 10.0. The van der Waals surface area contributed by atoms with Crippen molar-refractivity contribution in [3.8, 4) is 0 Å². The van der Waals surface area contributed by atoms with Gasteiger partial charge in [0.25, 0.3) is 0 Å². The lowest BCUT2D eigenvalue weighted by Crippen LogP contribution is -2.15. The lowest BCUT2D eigenvalue weighted by atomic mass is 10.1. The third-order valence-corrected chi connectivity index (χ3v) is 2.23. The molecule has 4 heteroatoms. The molecule has 0 aromatic carbocycles. The lowest BCUT2D eigenvalue weighted by Gasteiger charge is -2.03. The summed E-state index contributed by atoms with van der Waals surface area (Å²) in [4.78, 5) is 4.26. The molecule has 0 saturated heterocycles. The molecule has 1 aromatic heterocycles. The van der Waals surface area contributed by atoms with E-state index in [1.807, 2.05) is 11.0 Å². The van der Waals surface area contributed by atoms with Gasteiger partial charge in [0, 0.05) is 6.54 Å². The molecule has 1 aromatic rings. The summed E-state index contributed by atoms with van der Waals surface area (Å²) in [6.07, 6.45) is 4.13. The maximum Gasteiger partial charge on any atom is 0.164 e. The molecular formula is C11H22N4. The molecular weight excluding hydrogens is 188 g/mol. The Morgan fingerprint density at radius 3 is 2.93 bits per heavy atom. The zero-order valence-corrected chi connectivity index (χ0v) is 10.0. The van der Waals surface area contributed by atoms with Gasteiger partial charge in [0.1, 0.15) is 6.33 Å². The molecule has 1 N–H and O–H groups in total. The third kappa shape index (κ3) is 4.93. The quantitative estimate of drug-likeness (QED) is 0.698. The van der Waals surface area contributed by atoms with E-state index in [9.17, 15) is 0 Å². The summed E-state index contributed by atoms with van der Waals surface area (Å²) in [6.45, 7) is 9.38. The van der Waals surface area contributed by atoms with Crippen LogP contribution in [-0.4, -0.2) is 21.3 Å². The van der Waals surface area contributed by atoms with Crippen molar-refractivity contribution in [2.75, 3.05) is 6.54 Å². The Morgan fingerprint density at radius 2 is 2.27 bits per heavy atom. The highest BCUT2D eigenvalue weighted by Gasteiger charge is 2.00. The molecule has 0 fully saturated rings.